The number of hydrogen-bond donors (Lipinski definition) is 1. The molecule has 1 aromatic rings. The summed E-state index contributed by atoms with van der Waals surface area (Å²) in [7, 11) is 0. The smallest absolute Gasteiger partial charge is 0.242 e. The molecular formula is C18H26ClN3O2. The molecule has 0 spiro atoms. The van der Waals surface area contributed by atoms with E-state index in [0.717, 1.165) is 23.7 Å². The molecule has 132 valence electrons. The Balaban J connectivity index is 1.59. The summed E-state index contributed by atoms with van der Waals surface area (Å²) in [6.07, 6.45) is 1.23. The molecule has 0 aliphatic carbocycles. The summed E-state index contributed by atoms with van der Waals surface area (Å²) in [5, 5.41) is 0.798. The van der Waals surface area contributed by atoms with Crippen molar-refractivity contribution >= 4 is 17.5 Å². The van der Waals surface area contributed by atoms with Gasteiger partial charge in [0.15, 0.2) is 0 Å². The molecule has 0 radical (unpaired) electrons. The lowest BCUT2D eigenvalue weighted by molar-refractivity contribution is -0.142. The van der Waals surface area contributed by atoms with E-state index in [0.29, 0.717) is 39.1 Å². The Bertz CT molecular complexity index is 581. The number of hydrogen-bond acceptors (Lipinski definition) is 4. The quantitative estimate of drug-likeness (QED) is 0.905. The lowest BCUT2D eigenvalue weighted by atomic mass is 9.89. The van der Waals surface area contributed by atoms with E-state index in [2.05, 4.69) is 17.9 Å². The van der Waals surface area contributed by atoms with Gasteiger partial charge in [0.1, 0.15) is 0 Å². The van der Waals surface area contributed by atoms with E-state index in [9.17, 15) is 4.79 Å². The van der Waals surface area contributed by atoms with E-state index in [1.54, 1.807) is 0 Å². The van der Waals surface area contributed by atoms with Gasteiger partial charge in [0.05, 0.1) is 5.54 Å². The van der Waals surface area contributed by atoms with Crippen molar-refractivity contribution in [3.63, 3.8) is 0 Å². The topological polar surface area (TPSA) is 58.8 Å². The average molecular weight is 352 g/mol. The van der Waals surface area contributed by atoms with Gasteiger partial charge in [-0.25, -0.2) is 0 Å². The fraction of sp³-hybridized carbons (Fsp3) is 0.611. The lowest BCUT2D eigenvalue weighted by Gasteiger charge is -2.42. The van der Waals surface area contributed by atoms with Crippen molar-refractivity contribution in [2.75, 3.05) is 39.4 Å². The Labute approximate surface area is 148 Å². The fourth-order valence-electron chi connectivity index (χ4n) is 3.59. The van der Waals surface area contributed by atoms with Gasteiger partial charge in [-0.2, -0.15) is 0 Å². The third kappa shape index (κ3) is 3.59. The molecule has 1 amide bonds. The predicted molar refractivity (Wildman–Crippen MR) is 95.0 cm³/mol. The fourth-order valence-corrected chi connectivity index (χ4v) is 3.88. The van der Waals surface area contributed by atoms with Crippen molar-refractivity contribution in [3.8, 4) is 0 Å². The maximum atomic E-state index is 12.8. The molecule has 1 aromatic carbocycles. The number of halogens is 1. The van der Waals surface area contributed by atoms with Gasteiger partial charge in [-0.05, 0) is 31.4 Å². The summed E-state index contributed by atoms with van der Waals surface area (Å²) in [6, 6.07) is 8.20. The van der Waals surface area contributed by atoms with Gasteiger partial charge < -0.3 is 15.4 Å². The van der Waals surface area contributed by atoms with Gasteiger partial charge in [0, 0.05) is 50.5 Å². The van der Waals surface area contributed by atoms with Crippen molar-refractivity contribution in [2.24, 2.45) is 5.73 Å². The van der Waals surface area contributed by atoms with Crippen LogP contribution in [0.5, 0.6) is 0 Å². The number of ether oxygens (including phenoxy) is 1. The minimum atomic E-state index is -0.741. The highest BCUT2D eigenvalue weighted by Gasteiger charge is 2.40. The Kier molecular flexibility index (Phi) is 5.45. The van der Waals surface area contributed by atoms with Gasteiger partial charge in [-0.15, -0.1) is 0 Å². The van der Waals surface area contributed by atoms with Gasteiger partial charge in [-0.1, -0.05) is 29.8 Å². The zero-order valence-electron chi connectivity index (χ0n) is 14.2. The minimum Gasteiger partial charge on any atom is -0.381 e. The molecule has 5 nitrogen and oxygen atoms in total. The van der Waals surface area contributed by atoms with Crippen LogP contribution in [0, 0.1) is 0 Å². The summed E-state index contributed by atoms with van der Waals surface area (Å²) in [4.78, 5) is 17.1. The third-order valence-electron chi connectivity index (χ3n) is 5.32. The molecule has 2 fully saturated rings. The van der Waals surface area contributed by atoms with E-state index in [1.165, 1.54) is 0 Å². The molecule has 0 saturated carbocycles. The number of nitrogens with two attached hydrogens (primary N) is 1. The third-order valence-corrected chi connectivity index (χ3v) is 5.66. The first-order chi connectivity index (χ1) is 11.5. The summed E-state index contributed by atoms with van der Waals surface area (Å²) >= 11 is 6.32. The molecule has 2 heterocycles. The largest absolute Gasteiger partial charge is 0.381 e. The molecular weight excluding hydrogens is 326 g/mol. The van der Waals surface area contributed by atoms with Gasteiger partial charge in [0.25, 0.3) is 0 Å². The summed E-state index contributed by atoms with van der Waals surface area (Å²) < 4.78 is 5.34. The molecule has 6 heteroatoms. The van der Waals surface area contributed by atoms with Crippen LogP contribution in [0.3, 0.4) is 0 Å². The first kappa shape index (κ1) is 17.7. The van der Waals surface area contributed by atoms with E-state index in [-0.39, 0.29) is 11.9 Å². The van der Waals surface area contributed by atoms with Gasteiger partial charge in [-0.3, -0.25) is 9.69 Å². The molecule has 1 unspecified atom stereocenters. The standard InChI is InChI=1S/C18H26ClN3O2/c1-14(15-4-2-3-5-16(15)19)21-8-10-22(11-9-21)17(23)18(20)6-12-24-13-7-18/h2-5,14H,6-13,20H2,1H3. The number of piperazine rings is 1. The van der Waals surface area contributed by atoms with Crippen LogP contribution in [0.1, 0.15) is 31.4 Å². The minimum absolute atomic E-state index is 0.0795. The maximum absolute atomic E-state index is 12.8. The first-order valence-corrected chi connectivity index (χ1v) is 9.03. The Morgan fingerprint density at radius 1 is 1.21 bits per heavy atom. The monoisotopic (exact) mass is 351 g/mol. The molecule has 2 N–H and O–H groups in total. The van der Waals surface area contributed by atoms with Crippen molar-refractivity contribution < 1.29 is 9.53 Å². The van der Waals surface area contributed by atoms with E-state index < -0.39 is 5.54 Å². The van der Waals surface area contributed by atoms with Crippen molar-refractivity contribution in [2.45, 2.75) is 31.3 Å². The van der Waals surface area contributed by atoms with Crippen LogP contribution in [0.15, 0.2) is 24.3 Å². The second-order valence-electron chi connectivity index (χ2n) is 6.79. The molecule has 1 atom stereocenters. The van der Waals surface area contributed by atoms with E-state index in [1.807, 2.05) is 23.1 Å². The highest BCUT2D eigenvalue weighted by Crippen LogP contribution is 2.28. The van der Waals surface area contributed by atoms with Crippen LogP contribution in [-0.4, -0.2) is 60.6 Å². The predicted octanol–water partition coefficient (Wildman–Crippen LogP) is 2.05. The SMILES string of the molecule is CC(c1ccccc1Cl)N1CCN(C(=O)C2(N)CCOCC2)CC1. The van der Waals surface area contributed by atoms with Crippen molar-refractivity contribution in [3.05, 3.63) is 34.9 Å². The Morgan fingerprint density at radius 3 is 2.46 bits per heavy atom. The van der Waals surface area contributed by atoms with Crippen molar-refractivity contribution in [1.82, 2.24) is 9.80 Å². The number of nitrogens with zero attached hydrogens (tertiary/aromatic N) is 2. The molecule has 2 saturated heterocycles. The summed E-state index contributed by atoms with van der Waals surface area (Å²) in [6.45, 7) is 6.43. The van der Waals surface area contributed by atoms with Crippen molar-refractivity contribution in [1.29, 1.82) is 0 Å². The number of rotatable bonds is 3. The van der Waals surface area contributed by atoms with Crippen LogP contribution < -0.4 is 5.73 Å². The van der Waals surface area contributed by atoms with Crippen LogP contribution in [0.4, 0.5) is 0 Å². The summed E-state index contributed by atoms with van der Waals surface area (Å²) in [5.41, 5.74) is 6.73. The molecule has 2 aliphatic rings. The number of benzene rings is 1. The Morgan fingerprint density at radius 2 is 1.83 bits per heavy atom. The highest BCUT2D eigenvalue weighted by molar-refractivity contribution is 6.31. The first-order valence-electron chi connectivity index (χ1n) is 8.66. The van der Waals surface area contributed by atoms with E-state index >= 15 is 0 Å². The zero-order chi connectivity index (χ0) is 17.2. The number of amides is 1. The molecule has 0 bridgehead atoms. The van der Waals surface area contributed by atoms with Gasteiger partial charge in [0.2, 0.25) is 5.91 Å². The lowest BCUT2D eigenvalue weighted by Crippen LogP contribution is -2.61. The molecule has 0 aromatic heterocycles. The van der Waals surface area contributed by atoms with E-state index in [4.69, 9.17) is 22.1 Å². The Hall–Kier alpha value is -1.14. The zero-order valence-corrected chi connectivity index (χ0v) is 15.0. The highest BCUT2D eigenvalue weighted by atomic mass is 35.5. The van der Waals surface area contributed by atoms with Crippen LogP contribution in [0.2, 0.25) is 5.02 Å². The molecule has 2 aliphatic heterocycles. The number of carbonyl (C=O) groups excluding carboxylic acids is 1. The summed E-state index contributed by atoms with van der Waals surface area (Å²) in [5.74, 6) is 0.0795. The van der Waals surface area contributed by atoms with Crippen LogP contribution in [-0.2, 0) is 9.53 Å². The van der Waals surface area contributed by atoms with Crippen LogP contribution in [0.25, 0.3) is 0 Å². The number of carbonyl (C=O) groups is 1. The maximum Gasteiger partial charge on any atom is 0.242 e. The molecule has 24 heavy (non-hydrogen) atoms. The normalized spacial score (nSPS) is 23.0. The second-order valence-corrected chi connectivity index (χ2v) is 7.20. The second kappa shape index (κ2) is 7.40. The van der Waals surface area contributed by atoms with Gasteiger partial charge >= 0.3 is 0 Å². The molecule has 3 rings (SSSR count). The average Bonchev–Trinajstić information content (AvgIpc) is 2.62. The van der Waals surface area contributed by atoms with Crippen LogP contribution >= 0.6 is 11.6 Å².